The summed E-state index contributed by atoms with van der Waals surface area (Å²) in [6.45, 7) is 13.7. The van der Waals surface area contributed by atoms with Crippen molar-refractivity contribution < 1.29 is 9.53 Å². The van der Waals surface area contributed by atoms with Gasteiger partial charge in [0, 0.05) is 0 Å². The Hall–Kier alpha value is -2.61. The molecule has 120 valence electrons. The second kappa shape index (κ2) is 9.42. The second-order valence-corrected chi connectivity index (χ2v) is 4.76. The predicted molar refractivity (Wildman–Crippen MR) is 99.8 cm³/mol. The van der Waals surface area contributed by atoms with E-state index < -0.39 is 0 Å². The molecular formula is C21H24O2. The standard InChI is InChI=1S/C21H24O2/c1-6-12-16-14-11-15-20(17(16)8-3)19(13-7-2)18(9-4)21(22)23-10-5/h6-9,11-15H,3-4,10H2,1-2,5H3/b12-6-,13-7-,19-18-. The van der Waals surface area contributed by atoms with Crippen LogP contribution in [0.5, 0.6) is 0 Å². The average Bonchev–Trinajstić information content (AvgIpc) is 2.55. The van der Waals surface area contributed by atoms with E-state index in [4.69, 9.17) is 4.74 Å². The van der Waals surface area contributed by atoms with Gasteiger partial charge in [-0.05, 0) is 43.0 Å². The van der Waals surface area contributed by atoms with E-state index in [-0.39, 0.29) is 5.97 Å². The van der Waals surface area contributed by atoms with E-state index in [0.717, 1.165) is 22.3 Å². The van der Waals surface area contributed by atoms with Gasteiger partial charge in [0.1, 0.15) is 0 Å². The van der Waals surface area contributed by atoms with Gasteiger partial charge in [-0.1, -0.05) is 67.8 Å². The first-order chi connectivity index (χ1) is 11.1. The van der Waals surface area contributed by atoms with Crippen molar-refractivity contribution in [3.8, 4) is 0 Å². The zero-order valence-electron chi connectivity index (χ0n) is 14.1. The number of allylic oxidation sites excluding steroid dienone is 4. The molecule has 0 fully saturated rings. The third-order valence-electron chi connectivity index (χ3n) is 3.30. The van der Waals surface area contributed by atoms with Gasteiger partial charge in [-0.25, -0.2) is 4.79 Å². The van der Waals surface area contributed by atoms with E-state index in [1.807, 2.05) is 56.4 Å². The summed E-state index contributed by atoms with van der Waals surface area (Å²) in [5.41, 5.74) is 4.18. The van der Waals surface area contributed by atoms with Gasteiger partial charge < -0.3 is 4.74 Å². The number of hydrogen-bond donors (Lipinski definition) is 0. The Morgan fingerprint density at radius 3 is 2.48 bits per heavy atom. The molecule has 0 unspecified atom stereocenters. The Morgan fingerprint density at radius 1 is 1.22 bits per heavy atom. The largest absolute Gasteiger partial charge is 0.462 e. The van der Waals surface area contributed by atoms with E-state index >= 15 is 0 Å². The number of rotatable bonds is 7. The summed E-state index contributed by atoms with van der Waals surface area (Å²) < 4.78 is 5.15. The van der Waals surface area contributed by atoms with Crippen LogP contribution in [0, 0.1) is 0 Å². The maximum atomic E-state index is 12.2. The summed E-state index contributed by atoms with van der Waals surface area (Å²) in [5, 5.41) is 0. The quantitative estimate of drug-likeness (QED) is 0.381. The number of esters is 1. The van der Waals surface area contributed by atoms with Gasteiger partial charge in [0.15, 0.2) is 0 Å². The normalized spacial score (nSPS) is 12.3. The van der Waals surface area contributed by atoms with Crippen LogP contribution in [0.4, 0.5) is 0 Å². The monoisotopic (exact) mass is 308 g/mol. The van der Waals surface area contributed by atoms with Crippen molar-refractivity contribution in [2.45, 2.75) is 20.8 Å². The van der Waals surface area contributed by atoms with E-state index in [9.17, 15) is 4.79 Å². The Balaban J connectivity index is 3.70. The van der Waals surface area contributed by atoms with Crippen LogP contribution in [-0.4, -0.2) is 12.6 Å². The van der Waals surface area contributed by atoms with Crippen LogP contribution in [0.25, 0.3) is 17.7 Å². The molecule has 0 atom stereocenters. The highest BCUT2D eigenvalue weighted by molar-refractivity contribution is 6.03. The summed E-state index contributed by atoms with van der Waals surface area (Å²) in [7, 11) is 0. The molecular weight excluding hydrogens is 284 g/mol. The molecule has 0 amide bonds. The minimum atomic E-state index is -0.373. The molecule has 0 aliphatic carbocycles. The number of ether oxygens (including phenoxy) is 1. The van der Waals surface area contributed by atoms with Crippen LogP contribution in [0.1, 0.15) is 37.5 Å². The van der Waals surface area contributed by atoms with Crippen molar-refractivity contribution in [1.29, 1.82) is 0 Å². The van der Waals surface area contributed by atoms with Crippen molar-refractivity contribution in [2.75, 3.05) is 6.61 Å². The highest BCUT2D eigenvalue weighted by atomic mass is 16.5. The van der Waals surface area contributed by atoms with Crippen molar-refractivity contribution in [1.82, 2.24) is 0 Å². The molecule has 23 heavy (non-hydrogen) atoms. The highest BCUT2D eigenvalue weighted by Gasteiger charge is 2.16. The third kappa shape index (κ3) is 4.43. The second-order valence-electron chi connectivity index (χ2n) is 4.76. The lowest BCUT2D eigenvalue weighted by Gasteiger charge is -2.14. The van der Waals surface area contributed by atoms with Crippen molar-refractivity contribution >= 4 is 23.7 Å². The van der Waals surface area contributed by atoms with Gasteiger partial charge in [-0.3, -0.25) is 0 Å². The summed E-state index contributed by atoms with van der Waals surface area (Å²) >= 11 is 0. The molecule has 1 rings (SSSR count). The van der Waals surface area contributed by atoms with Crippen LogP contribution in [0.15, 0.2) is 61.2 Å². The predicted octanol–water partition coefficient (Wildman–Crippen LogP) is 5.44. The van der Waals surface area contributed by atoms with Crippen LogP contribution in [-0.2, 0) is 9.53 Å². The molecule has 1 aromatic rings. The molecule has 0 saturated carbocycles. The Morgan fingerprint density at radius 2 is 1.96 bits per heavy atom. The summed E-state index contributed by atoms with van der Waals surface area (Å²) in [6, 6.07) is 5.96. The van der Waals surface area contributed by atoms with Gasteiger partial charge in [0.2, 0.25) is 0 Å². The minimum Gasteiger partial charge on any atom is -0.462 e. The lowest BCUT2D eigenvalue weighted by atomic mass is 9.91. The smallest absolute Gasteiger partial charge is 0.338 e. The van der Waals surface area contributed by atoms with E-state index in [0.29, 0.717) is 12.2 Å². The number of carbonyl (C=O) groups is 1. The molecule has 0 aromatic heterocycles. The fourth-order valence-corrected chi connectivity index (χ4v) is 2.37. The lowest BCUT2D eigenvalue weighted by Crippen LogP contribution is -2.08. The summed E-state index contributed by atoms with van der Waals surface area (Å²) in [4.78, 5) is 12.2. The van der Waals surface area contributed by atoms with Gasteiger partial charge in [-0.15, -0.1) is 0 Å². The van der Waals surface area contributed by atoms with E-state index in [1.54, 1.807) is 19.1 Å². The van der Waals surface area contributed by atoms with Crippen molar-refractivity contribution in [3.63, 3.8) is 0 Å². The topological polar surface area (TPSA) is 26.3 Å². The van der Waals surface area contributed by atoms with Gasteiger partial charge in [0.25, 0.3) is 0 Å². The molecule has 0 spiro atoms. The van der Waals surface area contributed by atoms with Crippen LogP contribution in [0.2, 0.25) is 0 Å². The zero-order valence-corrected chi connectivity index (χ0v) is 14.1. The Bertz CT molecular complexity index is 673. The fourth-order valence-electron chi connectivity index (χ4n) is 2.37. The Labute approximate surface area is 139 Å². The van der Waals surface area contributed by atoms with Crippen LogP contribution in [0.3, 0.4) is 0 Å². The first kappa shape index (κ1) is 18.4. The zero-order chi connectivity index (χ0) is 17.2. The lowest BCUT2D eigenvalue weighted by molar-refractivity contribution is -0.138. The molecule has 1 aromatic carbocycles. The summed E-state index contributed by atoms with van der Waals surface area (Å²) in [5.74, 6) is -0.373. The third-order valence-corrected chi connectivity index (χ3v) is 3.30. The van der Waals surface area contributed by atoms with Crippen molar-refractivity contribution in [2.24, 2.45) is 0 Å². The molecule has 0 radical (unpaired) electrons. The number of hydrogen-bond acceptors (Lipinski definition) is 2. The Kier molecular flexibility index (Phi) is 7.55. The maximum absolute atomic E-state index is 12.2. The fraction of sp³-hybridized carbons (Fsp3) is 0.190. The van der Waals surface area contributed by atoms with Crippen LogP contribution >= 0.6 is 0 Å². The molecule has 0 aliphatic heterocycles. The van der Waals surface area contributed by atoms with Crippen LogP contribution < -0.4 is 0 Å². The SMILES string of the molecule is C=C/C(C(=O)OCC)=C(\C=C/C)c1cccc(/C=C\C)c1C=C. The molecule has 0 N–H and O–H groups in total. The summed E-state index contributed by atoms with van der Waals surface area (Å²) in [6.07, 6.45) is 11.1. The molecule has 0 bridgehead atoms. The molecule has 0 aliphatic rings. The van der Waals surface area contributed by atoms with Gasteiger partial charge >= 0.3 is 5.97 Å². The molecule has 0 heterocycles. The number of carbonyl (C=O) groups excluding carboxylic acids is 1. The first-order valence-electron chi connectivity index (χ1n) is 7.69. The first-order valence-corrected chi connectivity index (χ1v) is 7.69. The highest BCUT2D eigenvalue weighted by Crippen LogP contribution is 2.29. The van der Waals surface area contributed by atoms with E-state index in [1.165, 1.54) is 0 Å². The molecule has 2 heteroatoms. The van der Waals surface area contributed by atoms with Gasteiger partial charge in [-0.2, -0.15) is 0 Å². The number of benzene rings is 1. The van der Waals surface area contributed by atoms with Crippen molar-refractivity contribution in [3.05, 3.63) is 77.9 Å². The molecule has 2 nitrogen and oxygen atoms in total. The van der Waals surface area contributed by atoms with Gasteiger partial charge in [0.05, 0.1) is 12.2 Å². The maximum Gasteiger partial charge on any atom is 0.338 e. The average molecular weight is 308 g/mol. The van der Waals surface area contributed by atoms with E-state index in [2.05, 4.69) is 13.2 Å². The molecule has 0 saturated heterocycles. The minimum absolute atomic E-state index is 0.326.